The van der Waals surface area contributed by atoms with Crippen molar-refractivity contribution >= 4 is 43.9 Å². The van der Waals surface area contributed by atoms with Crippen LogP contribution in [0.5, 0.6) is 0 Å². The summed E-state index contributed by atoms with van der Waals surface area (Å²) in [6, 6.07) is 12.8. The van der Waals surface area contributed by atoms with E-state index in [1.165, 1.54) is 12.8 Å². The lowest BCUT2D eigenvalue weighted by Gasteiger charge is -1.91. The maximum absolute atomic E-state index is 6.13. The lowest BCUT2D eigenvalue weighted by Crippen LogP contribution is -1.78. The van der Waals surface area contributed by atoms with Gasteiger partial charge in [-0.3, -0.25) is 0 Å². The first-order valence-electron chi connectivity index (χ1n) is 10.1. The number of unbranched alkanes of at least 4 members (excludes halogenated alkanes) is 2. The van der Waals surface area contributed by atoms with Crippen LogP contribution in [-0.2, 0) is 12.8 Å². The van der Waals surface area contributed by atoms with Crippen LogP contribution in [0.4, 0.5) is 0 Å². The van der Waals surface area contributed by atoms with Crippen LogP contribution in [0, 0.1) is 0 Å². The topological polar surface area (TPSA) is 39.4 Å². The Labute approximate surface area is 157 Å². The molecule has 0 amide bonds. The Morgan fingerprint density at radius 3 is 1.48 bits per heavy atom. The quantitative estimate of drug-likeness (QED) is 0.310. The zero-order valence-electron chi connectivity index (χ0n) is 15.9. The normalized spacial score (nSPS) is 12.2. The Morgan fingerprint density at radius 2 is 1.04 bits per heavy atom. The summed E-state index contributed by atoms with van der Waals surface area (Å²) in [4.78, 5) is 0. The van der Waals surface area contributed by atoms with Gasteiger partial charge in [0.05, 0.1) is 0 Å². The summed E-state index contributed by atoms with van der Waals surface area (Å²) < 4.78 is 18.2. The van der Waals surface area contributed by atoms with Gasteiger partial charge in [-0.25, -0.2) is 0 Å². The lowest BCUT2D eigenvalue weighted by atomic mass is 10.1. The highest BCUT2D eigenvalue weighted by Gasteiger charge is 2.14. The van der Waals surface area contributed by atoms with Gasteiger partial charge in [-0.2, -0.15) is 0 Å². The molecule has 5 rings (SSSR count). The molecule has 3 heterocycles. The summed E-state index contributed by atoms with van der Waals surface area (Å²) in [6.45, 7) is 4.40. The van der Waals surface area contributed by atoms with Gasteiger partial charge in [-0.15, -0.1) is 0 Å². The number of furan rings is 3. The average molecular weight is 360 g/mol. The van der Waals surface area contributed by atoms with E-state index < -0.39 is 0 Å². The number of hydrogen-bond donors (Lipinski definition) is 0. The molecule has 5 aromatic rings. The van der Waals surface area contributed by atoms with Crippen LogP contribution in [0.2, 0.25) is 0 Å². The van der Waals surface area contributed by atoms with E-state index in [4.69, 9.17) is 13.3 Å². The van der Waals surface area contributed by atoms with E-state index in [1.54, 1.807) is 0 Å². The van der Waals surface area contributed by atoms with Gasteiger partial charge in [-0.1, -0.05) is 26.7 Å². The van der Waals surface area contributed by atoms with Crippen molar-refractivity contribution in [2.45, 2.75) is 52.4 Å². The van der Waals surface area contributed by atoms with Gasteiger partial charge in [0.2, 0.25) is 0 Å². The number of rotatable bonds is 6. The number of benzene rings is 2. The Kier molecular flexibility index (Phi) is 3.96. The third-order valence-corrected chi connectivity index (χ3v) is 5.40. The van der Waals surface area contributed by atoms with E-state index in [0.717, 1.165) is 81.1 Å². The maximum Gasteiger partial charge on any atom is 0.139 e. The summed E-state index contributed by atoms with van der Waals surface area (Å²) in [5.74, 6) is 2.11. The summed E-state index contributed by atoms with van der Waals surface area (Å²) in [7, 11) is 0. The molecule has 0 aliphatic carbocycles. The molecule has 0 saturated carbocycles. The average Bonchev–Trinajstić information content (AvgIpc) is 3.34. The second-order valence-corrected chi connectivity index (χ2v) is 7.51. The molecule has 0 aliphatic rings. The SMILES string of the molecule is CCCCc1cc2cc3c(cc2o1)oc1cc2oc(CCCC)cc2cc13. The van der Waals surface area contributed by atoms with Gasteiger partial charge in [0.25, 0.3) is 0 Å². The molecule has 3 aromatic heterocycles. The Hall–Kier alpha value is -2.68. The molecule has 0 fully saturated rings. The van der Waals surface area contributed by atoms with Crippen molar-refractivity contribution < 1.29 is 13.3 Å². The van der Waals surface area contributed by atoms with E-state index in [0.29, 0.717) is 0 Å². The van der Waals surface area contributed by atoms with Gasteiger partial charge < -0.3 is 13.3 Å². The monoisotopic (exact) mass is 360 g/mol. The van der Waals surface area contributed by atoms with E-state index in [9.17, 15) is 0 Å². The predicted octanol–water partition coefficient (Wildman–Crippen LogP) is 7.76. The lowest BCUT2D eigenvalue weighted by molar-refractivity contribution is 0.536. The zero-order chi connectivity index (χ0) is 18.4. The molecular weight excluding hydrogens is 336 g/mol. The molecule has 0 atom stereocenters. The van der Waals surface area contributed by atoms with Crippen molar-refractivity contribution in [2.24, 2.45) is 0 Å². The summed E-state index contributed by atoms with van der Waals surface area (Å²) >= 11 is 0. The summed E-state index contributed by atoms with van der Waals surface area (Å²) in [5.41, 5.74) is 3.54. The first kappa shape index (κ1) is 16.5. The number of fused-ring (bicyclic) bond motifs is 5. The summed E-state index contributed by atoms with van der Waals surface area (Å²) in [6.07, 6.45) is 6.62. The van der Waals surface area contributed by atoms with Gasteiger partial charge in [-0.05, 0) is 37.1 Å². The van der Waals surface area contributed by atoms with Crippen LogP contribution in [0.1, 0.15) is 51.1 Å². The second-order valence-electron chi connectivity index (χ2n) is 7.51. The van der Waals surface area contributed by atoms with Gasteiger partial charge >= 0.3 is 0 Å². The molecule has 0 bridgehead atoms. The molecule has 3 heteroatoms. The van der Waals surface area contributed by atoms with Gasteiger partial charge in [0, 0.05) is 46.5 Å². The highest BCUT2D eigenvalue weighted by atomic mass is 16.4. The maximum atomic E-state index is 6.13. The molecule has 0 radical (unpaired) electrons. The van der Waals surface area contributed by atoms with Crippen LogP contribution >= 0.6 is 0 Å². The molecule has 0 saturated heterocycles. The van der Waals surface area contributed by atoms with Gasteiger partial charge in [0.15, 0.2) is 0 Å². The van der Waals surface area contributed by atoms with Crippen LogP contribution in [-0.4, -0.2) is 0 Å². The smallest absolute Gasteiger partial charge is 0.139 e. The second kappa shape index (κ2) is 6.49. The fourth-order valence-electron chi connectivity index (χ4n) is 3.90. The van der Waals surface area contributed by atoms with E-state index >= 15 is 0 Å². The van der Waals surface area contributed by atoms with Crippen molar-refractivity contribution in [3.63, 3.8) is 0 Å². The molecule has 0 spiro atoms. The molecule has 2 aromatic carbocycles. The van der Waals surface area contributed by atoms with Crippen LogP contribution in [0.3, 0.4) is 0 Å². The van der Waals surface area contributed by atoms with Crippen LogP contribution in [0.25, 0.3) is 43.9 Å². The molecule has 3 nitrogen and oxygen atoms in total. The fraction of sp³-hybridized carbons (Fsp3) is 0.333. The van der Waals surface area contributed by atoms with Crippen LogP contribution < -0.4 is 0 Å². The molecular formula is C24H24O3. The molecule has 0 N–H and O–H groups in total. The largest absolute Gasteiger partial charge is 0.461 e. The van der Waals surface area contributed by atoms with E-state index in [1.807, 2.05) is 12.1 Å². The van der Waals surface area contributed by atoms with Gasteiger partial charge in [0.1, 0.15) is 33.9 Å². The first-order chi connectivity index (χ1) is 13.2. The van der Waals surface area contributed by atoms with Crippen molar-refractivity contribution in [2.75, 3.05) is 0 Å². The minimum Gasteiger partial charge on any atom is -0.461 e. The first-order valence-corrected chi connectivity index (χ1v) is 10.1. The van der Waals surface area contributed by atoms with Crippen LogP contribution in [0.15, 0.2) is 49.6 Å². The molecule has 27 heavy (non-hydrogen) atoms. The molecule has 0 aliphatic heterocycles. The van der Waals surface area contributed by atoms with E-state index in [-0.39, 0.29) is 0 Å². The Bertz CT molecular complexity index is 1150. The fourth-order valence-corrected chi connectivity index (χ4v) is 3.90. The van der Waals surface area contributed by atoms with Crippen molar-refractivity contribution in [3.05, 3.63) is 47.9 Å². The van der Waals surface area contributed by atoms with Crippen molar-refractivity contribution in [1.82, 2.24) is 0 Å². The standard InChI is InChI=1S/C24H24O3/c1-3-5-7-17-9-15-11-19-20-12-16-10-18(8-6-4-2)26-22(16)14-24(20)27-23(19)13-21(15)25-17/h9-14H,3-8H2,1-2H3. The Balaban J connectivity index is 1.63. The predicted molar refractivity (Wildman–Crippen MR) is 110 cm³/mol. The van der Waals surface area contributed by atoms with Crippen molar-refractivity contribution in [1.29, 1.82) is 0 Å². The highest BCUT2D eigenvalue weighted by Crippen LogP contribution is 2.36. The van der Waals surface area contributed by atoms with Crippen molar-refractivity contribution in [3.8, 4) is 0 Å². The third kappa shape index (κ3) is 2.82. The minimum absolute atomic E-state index is 0.868. The minimum atomic E-state index is 0.868. The third-order valence-electron chi connectivity index (χ3n) is 5.40. The highest BCUT2D eigenvalue weighted by molar-refractivity contribution is 6.12. The summed E-state index contributed by atoms with van der Waals surface area (Å²) in [5, 5.41) is 4.57. The number of hydrogen-bond acceptors (Lipinski definition) is 3. The molecule has 138 valence electrons. The molecule has 0 unspecified atom stereocenters. The zero-order valence-corrected chi connectivity index (χ0v) is 15.9. The number of aryl methyl sites for hydroxylation is 2. The van der Waals surface area contributed by atoms with E-state index in [2.05, 4.69) is 38.1 Å². The Morgan fingerprint density at radius 1 is 0.556 bits per heavy atom.